The van der Waals surface area contributed by atoms with Crippen molar-refractivity contribution in [1.82, 2.24) is 19.7 Å². The van der Waals surface area contributed by atoms with Gasteiger partial charge >= 0.3 is 0 Å². The number of carbonyl (C=O) groups is 1. The highest BCUT2D eigenvalue weighted by molar-refractivity contribution is 5.96. The van der Waals surface area contributed by atoms with Crippen molar-refractivity contribution in [3.8, 4) is 0 Å². The predicted octanol–water partition coefficient (Wildman–Crippen LogP) is 1.98. The number of aromatic nitrogens is 3. The number of hydrogen-bond acceptors (Lipinski definition) is 4. The Bertz CT molecular complexity index is 774. The number of carbonyl (C=O) groups excluding carboxylic acids is 1. The number of amides is 1. The van der Waals surface area contributed by atoms with E-state index in [1.165, 1.54) is 6.33 Å². The van der Waals surface area contributed by atoms with Crippen LogP contribution in [0.2, 0.25) is 0 Å². The number of aliphatic hydroxyl groups is 1. The van der Waals surface area contributed by atoms with E-state index >= 15 is 0 Å². The molecule has 4 rings (SSSR count). The van der Waals surface area contributed by atoms with Gasteiger partial charge in [0.05, 0.1) is 12.1 Å². The van der Waals surface area contributed by atoms with Gasteiger partial charge in [0, 0.05) is 18.7 Å². The lowest BCUT2D eigenvalue weighted by Gasteiger charge is -2.34. The molecule has 6 nitrogen and oxygen atoms in total. The van der Waals surface area contributed by atoms with E-state index in [4.69, 9.17) is 0 Å². The summed E-state index contributed by atoms with van der Waals surface area (Å²) >= 11 is 0. The molecule has 1 aromatic heterocycles. The van der Waals surface area contributed by atoms with E-state index in [0.717, 1.165) is 36.2 Å². The van der Waals surface area contributed by atoms with Crippen LogP contribution in [0.1, 0.15) is 40.4 Å². The molecule has 2 aliphatic rings. The van der Waals surface area contributed by atoms with Crippen LogP contribution < -0.4 is 0 Å². The molecule has 0 radical (unpaired) electrons. The molecule has 132 valence electrons. The summed E-state index contributed by atoms with van der Waals surface area (Å²) in [7, 11) is 0. The lowest BCUT2D eigenvalue weighted by atomic mass is 9.77. The molecule has 1 saturated carbocycles. The number of fused-ring (bicyclic) bond motifs is 1. The zero-order chi connectivity index (χ0) is 17.6. The fraction of sp³-hybridized carbons (Fsp3) is 0.526. The number of benzene rings is 1. The normalized spacial score (nSPS) is 28.8. The van der Waals surface area contributed by atoms with Crippen LogP contribution in [0.3, 0.4) is 0 Å². The number of hydrogen-bond donors (Lipinski definition) is 1. The highest BCUT2D eigenvalue weighted by atomic mass is 16.3. The van der Waals surface area contributed by atoms with Crippen LogP contribution in [0.15, 0.2) is 30.9 Å². The molecule has 2 aromatic rings. The maximum atomic E-state index is 13.0. The maximum Gasteiger partial charge on any atom is 0.254 e. The number of likely N-dealkylation sites (tertiary alicyclic amines) is 1. The molecule has 2 heterocycles. The Labute approximate surface area is 147 Å². The van der Waals surface area contributed by atoms with Crippen molar-refractivity contribution < 1.29 is 9.90 Å². The number of aryl methyl sites for hydroxylation is 2. The van der Waals surface area contributed by atoms with Crippen LogP contribution in [0.4, 0.5) is 0 Å². The summed E-state index contributed by atoms with van der Waals surface area (Å²) in [6, 6.07) is 5.98. The Hall–Kier alpha value is -2.21. The van der Waals surface area contributed by atoms with E-state index in [1.54, 1.807) is 11.0 Å². The lowest BCUT2D eigenvalue weighted by Crippen LogP contribution is -2.36. The van der Waals surface area contributed by atoms with Gasteiger partial charge in [-0.25, -0.2) is 9.67 Å². The summed E-state index contributed by atoms with van der Waals surface area (Å²) in [5, 5.41) is 14.7. The second kappa shape index (κ2) is 6.26. The minimum Gasteiger partial charge on any atom is -0.391 e. The van der Waals surface area contributed by atoms with Crippen LogP contribution in [0.25, 0.3) is 0 Å². The average molecular weight is 340 g/mol. The van der Waals surface area contributed by atoms with Crippen LogP contribution in [0.5, 0.6) is 0 Å². The predicted molar refractivity (Wildman–Crippen MR) is 93.1 cm³/mol. The van der Waals surface area contributed by atoms with Crippen molar-refractivity contribution in [3.05, 3.63) is 47.5 Å². The van der Waals surface area contributed by atoms with E-state index in [9.17, 15) is 9.90 Å². The van der Waals surface area contributed by atoms with Gasteiger partial charge in [0.1, 0.15) is 12.7 Å². The van der Waals surface area contributed by atoms with Crippen LogP contribution in [0, 0.1) is 25.7 Å². The first-order valence-corrected chi connectivity index (χ1v) is 8.91. The van der Waals surface area contributed by atoms with Gasteiger partial charge in [0.25, 0.3) is 5.91 Å². The number of nitrogens with zero attached hydrogens (tertiary/aromatic N) is 4. The van der Waals surface area contributed by atoms with Gasteiger partial charge in [-0.3, -0.25) is 4.79 Å². The molecule has 25 heavy (non-hydrogen) atoms. The molecule has 2 fully saturated rings. The second-order valence-electron chi connectivity index (χ2n) is 7.53. The van der Waals surface area contributed by atoms with E-state index in [-0.39, 0.29) is 11.9 Å². The highest BCUT2D eigenvalue weighted by Gasteiger charge is 2.44. The summed E-state index contributed by atoms with van der Waals surface area (Å²) in [5.74, 6) is 0.887. The van der Waals surface area contributed by atoms with Crippen molar-refractivity contribution in [1.29, 1.82) is 0 Å². The third kappa shape index (κ3) is 2.95. The summed E-state index contributed by atoms with van der Waals surface area (Å²) < 4.78 is 1.76. The number of rotatable bonds is 2. The van der Waals surface area contributed by atoms with Crippen molar-refractivity contribution in [3.63, 3.8) is 0 Å². The molecule has 1 aliphatic heterocycles. The summed E-state index contributed by atoms with van der Waals surface area (Å²) in [6.07, 6.45) is 4.29. The Balaban J connectivity index is 1.51. The molecule has 1 aliphatic carbocycles. The monoisotopic (exact) mass is 340 g/mol. The molecule has 1 saturated heterocycles. The standard InChI is InChI=1S/C19H24N4O2/c1-12-3-4-13(2)16(5-12)19(25)22-8-14-6-17(23-11-20-10-21-23)18(24)7-15(14)9-22/h3-5,10-11,14-15,17-18,24H,6-9H2,1-2H3/t14-,15+,17-,18-/m1/s1. The van der Waals surface area contributed by atoms with Crippen LogP contribution >= 0.6 is 0 Å². The van der Waals surface area contributed by atoms with Gasteiger partial charge in [0.15, 0.2) is 0 Å². The third-order valence-corrected chi connectivity index (χ3v) is 5.80. The van der Waals surface area contributed by atoms with E-state index in [2.05, 4.69) is 10.1 Å². The van der Waals surface area contributed by atoms with Crippen LogP contribution in [-0.2, 0) is 0 Å². The molecular formula is C19H24N4O2. The fourth-order valence-corrected chi connectivity index (χ4v) is 4.38. The SMILES string of the molecule is Cc1ccc(C)c(C(=O)N2C[C@H]3C[C@@H](n4cncn4)[C@H](O)C[C@H]3C2)c1. The molecule has 0 bridgehead atoms. The average Bonchev–Trinajstić information content (AvgIpc) is 3.24. The molecule has 0 unspecified atom stereocenters. The topological polar surface area (TPSA) is 71.2 Å². The van der Waals surface area contributed by atoms with E-state index in [1.807, 2.05) is 36.9 Å². The first-order valence-electron chi connectivity index (χ1n) is 8.91. The van der Waals surface area contributed by atoms with Gasteiger partial charge in [-0.1, -0.05) is 17.7 Å². The van der Waals surface area contributed by atoms with Crippen molar-refractivity contribution in [2.75, 3.05) is 13.1 Å². The quantitative estimate of drug-likeness (QED) is 0.907. The Morgan fingerprint density at radius 3 is 2.68 bits per heavy atom. The van der Waals surface area contributed by atoms with Crippen molar-refractivity contribution in [2.24, 2.45) is 11.8 Å². The maximum absolute atomic E-state index is 13.0. The third-order valence-electron chi connectivity index (χ3n) is 5.80. The lowest BCUT2D eigenvalue weighted by molar-refractivity contribution is 0.0304. The molecule has 0 spiro atoms. The Kier molecular flexibility index (Phi) is 4.07. The Morgan fingerprint density at radius 1 is 1.20 bits per heavy atom. The molecule has 1 amide bonds. The summed E-state index contributed by atoms with van der Waals surface area (Å²) in [4.78, 5) is 19.0. The largest absolute Gasteiger partial charge is 0.391 e. The minimum atomic E-state index is -0.432. The Morgan fingerprint density at radius 2 is 1.96 bits per heavy atom. The van der Waals surface area contributed by atoms with Gasteiger partial charge in [-0.15, -0.1) is 0 Å². The first-order chi connectivity index (χ1) is 12.0. The molecule has 1 aromatic carbocycles. The van der Waals surface area contributed by atoms with Crippen molar-refractivity contribution in [2.45, 2.75) is 38.8 Å². The van der Waals surface area contributed by atoms with Crippen molar-refractivity contribution >= 4 is 5.91 Å². The zero-order valence-corrected chi connectivity index (χ0v) is 14.7. The molecule has 1 N–H and O–H groups in total. The van der Waals surface area contributed by atoms with Gasteiger partial charge in [0.2, 0.25) is 0 Å². The zero-order valence-electron chi connectivity index (χ0n) is 14.7. The highest BCUT2D eigenvalue weighted by Crippen LogP contribution is 2.41. The van der Waals surface area contributed by atoms with Crippen LogP contribution in [-0.4, -0.2) is 49.9 Å². The van der Waals surface area contributed by atoms with E-state index in [0.29, 0.717) is 18.3 Å². The number of aliphatic hydroxyl groups excluding tert-OH is 1. The molecule has 4 atom stereocenters. The smallest absolute Gasteiger partial charge is 0.254 e. The van der Waals surface area contributed by atoms with E-state index < -0.39 is 6.10 Å². The summed E-state index contributed by atoms with van der Waals surface area (Å²) in [6.45, 7) is 5.49. The van der Waals surface area contributed by atoms with Gasteiger partial charge < -0.3 is 10.0 Å². The summed E-state index contributed by atoms with van der Waals surface area (Å²) in [5.41, 5.74) is 2.92. The fourth-order valence-electron chi connectivity index (χ4n) is 4.38. The van der Waals surface area contributed by atoms with Gasteiger partial charge in [-0.05, 0) is 50.2 Å². The molecular weight excluding hydrogens is 316 g/mol. The minimum absolute atomic E-state index is 0.0421. The second-order valence-corrected chi connectivity index (χ2v) is 7.53. The van der Waals surface area contributed by atoms with Gasteiger partial charge in [-0.2, -0.15) is 5.10 Å². The first kappa shape index (κ1) is 16.3. The molecule has 6 heteroatoms.